The Hall–Kier alpha value is -1.12. The predicted molar refractivity (Wildman–Crippen MR) is 59.4 cm³/mol. The molecule has 0 aliphatic heterocycles. The van der Waals surface area contributed by atoms with Gasteiger partial charge in [0.25, 0.3) is 0 Å². The third-order valence-corrected chi connectivity index (χ3v) is 2.55. The van der Waals surface area contributed by atoms with Crippen molar-refractivity contribution in [1.82, 2.24) is 4.98 Å². The van der Waals surface area contributed by atoms with Crippen LogP contribution in [-0.2, 0) is 6.54 Å². The van der Waals surface area contributed by atoms with Gasteiger partial charge in [-0.25, -0.2) is 0 Å². The van der Waals surface area contributed by atoms with Gasteiger partial charge in [-0.3, -0.25) is 4.98 Å². The number of fused-ring (bicyclic) bond motifs is 1. The zero-order valence-electron chi connectivity index (χ0n) is 7.92. The minimum Gasteiger partial charge on any atom is -0.325 e. The van der Waals surface area contributed by atoms with Crippen molar-refractivity contribution >= 4 is 22.4 Å². The van der Waals surface area contributed by atoms with Crippen LogP contribution in [0.2, 0.25) is 5.02 Å². The van der Waals surface area contributed by atoms with Crippen molar-refractivity contribution in [3.05, 3.63) is 40.7 Å². The van der Waals surface area contributed by atoms with Gasteiger partial charge in [-0.1, -0.05) is 11.6 Å². The molecule has 2 aromatic rings. The maximum atomic E-state index is 5.98. The highest BCUT2D eigenvalue weighted by Crippen LogP contribution is 2.24. The van der Waals surface area contributed by atoms with Crippen LogP contribution in [0.4, 0.5) is 0 Å². The number of aryl methyl sites for hydroxylation is 1. The number of halogens is 1. The van der Waals surface area contributed by atoms with E-state index in [1.54, 1.807) is 6.20 Å². The van der Waals surface area contributed by atoms with Gasteiger partial charge in [0, 0.05) is 23.2 Å². The number of nitrogens with zero attached hydrogens (tertiary/aromatic N) is 1. The standard InChI is InChI=1S/C11H11ClN2/c1-7-4-8(12)5-10-9(7)2-3-14-11(10)6-13/h2-5H,6,13H2,1H3. The first kappa shape index (κ1) is 9.44. The van der Waals surface area contributed by atoms with E-state index in [0.717, 1.165) is 21.7 Å². The van der Waals surface area contributed by atoms with Crippen molar-refractivity contribution in [2.24, 2.45) is 5.73 Å². The van der Waals surface area contributed by atoms with E-state index in [1.807, 2.05) is 25.1 Å². The summed E-state index contributed by atoms with van der Waals surface area (Å²) in [5.41, 5.74) is 7.66. The van der Waals surface area contributed by atoms with Gasteiger partial charge in [0.05, 0.1) is 5.69 Å². The quantitative estimate of drug-likeness (QED) is 0.779. The van der Waals surface area contributed by atoms with Gasteiger partial charge in [0.2, 0.25) is 0 Å². The number of hydrogen-bond donors (Lipinski definition) is 1. The fourth-order valence-corrected chi connectivity index (χ4v) is 1.92. The SMILES string of the molecule is Cc1cc(Cl)cc2c(CN)nccc12. The molecule has 0 bridgehead atoms. The third kappa shape index (κ3) is 1.47. The maximum absolute atomic E-state index is 5.98. The molecule has 14 heavy (non-hydrogen) atoms. The molecule has 3 heteroatoms. The molecule has 2 nitrogen and oxygen atoms in total. The summed E-state index contributed by atoms with van der Waals surface area (Å²) in [5, 5.41) is 2.96. The Morgan fingerprint density at radius 2 is 2.14 bits per heavy atom. The fourth-order valence-electron chi connectivity index (χ4n) is 1.65. The van der Waals surface area contributed by atoms with Crippen molar-refractivity contribution < 1.29 is 0 Å². The molecular weight excluding hydrogens is 196 g/mol. The van der Waals surface area contributed by atoms with E-state index in [1.165, 1.54) is 5.39 Å². The van der Waals surface area contributed by atoms with Gasteiger partial charge >= 0.3 is 0 Å². The largest absolute Gasteiger partial charge is 0.325 e. The molecule has 0 saturated heterocycles. The Bertz CT molecular complexity index is 480. The van der Waals surface area contributed by atoms with E-state index >= 15 is 0 Å². The summed E-state index contributed by atoms with van der Waals surface area (Å²) in [6, 6.07) is 5.85. The van der Waals surface area contributed by atoms with E-state index in [-0.39, 0.29) is 0 Å². The van der Waals surface area contributed by atoms with E-state index in [9.17, 15) is 0 Å². The summed E-state index contributed by atoms with van der Waals surface area (Å²) in [4.78, 5) is 4.22. The molecule has 0 amide bonds. The average molecular weight is 207 g/mol. The van der Waals surface area contributed by atoms with E-state index in [2.05, 4.69) is 4.98 Å². The lowest BCUT2D eigenvalue weighted by molar-refractivity contribution is 1.01. The molecule has 0 atom stereocenters. The minimum absolute atomic E-state index is 0.442. The highest BCUT2D eigenvalue weighted by molar-refractivity contribution is 6.31. The van der Waals surface area contributed by atoms with Crippen LogP contribution >= 0.6 is 11.6 Å². The van der Waals surface area contributed by atoms with Gasteiger partial charge in [-0.2, -0.15) is 0 Å². The summed E-state index contributed by atoms with van der Waals surface area (Å²) in [5.74, 6) is 0. The number of benzene rings is 1. The predicted octanol–water partition coefficient (Wildman–Crippen LogP) is 2.66. The lowest BCUT2D eigenvalue weighted by atomic mass is 10.1. The molecule has 0 fully saturated rings. The number of pyridine rings is 1. The minimum atomic E-state index is 0.442. The van der Waals surface area contributed by atoms with Crippen LogP contribution in [0.5, 0.6) is 0 Å². The Morgan fingerprint density at radius 3 is 2.86 bits per heavy atom. The molecule has 0 radical (unpaired) electrons. The van der Waals surface area contributed by atoms with Gasteiger partial charge < -0.3 is 5.73 Å². The van der Waals surface area contributed by atoms with Gasteiger partial charge in [-0.15, -0.1) is 0 Å². The summed E-state index contributed by atoms with van der Waals surface area (Å²) in [6.45, 7) is 2.48. The van der Waals surface area contributed by atoms with Gasteiger partial charge in [-0.05, 0) is 36.1 Å². The summed E-state index contributed by atoms with van der Waals surface area (Å²) in [7, 11) is 0. The second kappa shape index (κ2) is 3.56. The summed E-state index contributed by atoms with van der Waals surface area (Å²) in [6.07, 6.45) is 1.78. The van der Waals surface area contributed by atoms with Crippen molar-refractivity contribution in [3.8, 4) is 0 Å². The van der Waals surface area contributed by atoms with E-state index in [4.69, 9.17) is 17.3 Å². The van der Waals surface area contributed by atoms with Crippen molar-refractivity contribution in [3.63, 3.8) is 0 Å². The van der Waals surface area contributed by atoms with Crippen LogP contribution in [0.1, 0.15) is 11.3 Å². The Labute approximate surface area is 87.7 Å². The second-order valence-corrected chi connectivity index (χ2v) is 3.72. The smallest absolute Gasteiger partial charge is 0.0618 e. The normalized spacial score (nSPS) is 10.8. The molecule has 2 N–H and O–H groups in total. The Morgan fingerprint density at radius 1 is 1.36 bits per heavy atom. The number of nitrogens with two attached hydrogens (primary N) is 1. The molecule has 2 rings (SSSR count). The second-order valence-electron chi connectivity index (χ2n) is 3.28. The molecule has 0 spiro atoms. The number of rotatable bonds is 1. The molecule has 1 heterocycles. The summed E-state index contributed by atoms with van der Waals surface area (Å²) >= 11 is 5.98. The highest BCUT2D eigenvalue weighted by atomic mass is 35.5. The first-order chi connectivity index (χ1) is 6.72. The molecule has 1 aromatic heterocycles. The molecule has 0 aliphatic carbocycles. The average Bonchev–Trinajstić information content (AvgIpc) is 2.17. The number of hydrogen-bond acceptors (Lipinski definition) is 2. The van der Waals surface area contributed by atoms with Crippen LogP contribution in [0.3, 0.4) is 0 Å². The molecular formula is C11H11ClN2. The number of aromatic nitrogens is 1. The summed E-state index contributed by atoms with van der Waals surface area (Å²) < 4.78 is 0. The zero-order chi connectivity index (χ0) is 10.1. The van der Waals surface area contributed by atoms with Gasteiger partial charge in [0.15, 0.2) is 0 Å². The van der Waals surface area contributed by atoms with Gasteiger partial charge in [0.1, 0.15) is 0 Å². The van der Waals surface area contributed by atoms with Crippen molar-refractivity contribution in [2.75, 3.05) is 0 Å². The van der Waals surface area contributed by atoms with E-state index in [0.29, 0.717) is 6.54 Å². The maximum Gasteiger partial charge on any atom is 0.0618 e. The van der Waals surface area contributed by atoms with Crippen LogP contribution in [0.25, 0.3) is 10.8 Å². The van der Waals surface area contributed by atoms with Crippen molar-refractivity contribution in [1.29, 1.82) is 0 Å². The van der Waals surface area contributed by atoms with Crippen LogP contribution in [0.15, 0.2) is 24.4 Å². The first-order valence-electron chi connectivity index (χ1n) is 4.46. The molecule has 0 unspecified atom stereocenters. The topological polar surface area (TPSA) is 38.9 Å². The Balaban J connectivity index is 2.86. The van der Waals surface area contributed by atoms with Crippen LogP contribution in [-0.4, -0.2) is 4.98 Å². The lowest BCUT2D eigenvalue weighted by Gasteiger charge is -2.06. The molecule has 72 valence electrons. The van der Waals surface area contributed by atoms with Crippen molar-refractivity contribution in [2.45, 2.75) is 13.5 Å². The third-order valence-electron chi connectivity index (χ3n) is 2.33. The fraction of sp³-hybridized carbons (Fsp3) is 0.182. The highest BCUT2D eigenvalue weighted by Gasteiger charge is 2.04. The monoisotopic (exact) mass is 206 g/mol. The zero-order valence-corrected chi connectivity index (χ0v) is 8.67. The lowest BCUT2D eigenvalue weighted by Crippen LogP contribution is -2.00. The Kier molecular flexibility index (Phi) is 2.40. The molecule has 0 saturated carbocycles. The van der Waals surface area contributed by atoms with E-state index < -0.39 is 0 Å². The van der Waals surface area contributed by atoms with Crippen LogP contribution in [0, 0.1) is 6.92 Å². The van der Waals surface area contributed by atoms with Crippen LogP contribution < -0.4 is 5.73 Å². The molecule has 0 aliphatic rings. The first-order valence-corrected chi connectivity index (χ1v) is 4.84. The molecule has 1 aromatic carbocycles.